The molecule has 0 radical (unpaired) electrons. The van der Waals surface area contributed by atoms with Crippen LogP contribution in [0.5, 0.6) is 5.75 Å². The molecule has 2 aromatic carbocycles. The summed E-state index contributed by atoms with van der Waals surface area (Å²) in [5.74, 6) is -7.95. The number of H-pyrrole nitrogens is 2. The number of aromatic nitrogens is 3. The Hall–Kier alpha value is -8.48. The highest BCUT2D eigenvalue weighted by molar-refractivity contribution is 5.99. The number of aliphatic hydroxyl groups is 1. The van der Waals surface area contributed by atoms with Crippen molar-refractivity contribution in [1.82, 2.24) is 51.8 Å². The first-order chi connectivity index (χ1) is 41.5. The fourth-order valence-corrected chi connectivity index (χ4v) is 11.3. The van der Waals surface area contributed by atoms with Gasteiger partial charge in [-0.3, -0.25) is 52.9 Å². The number of imidazole rings is 1. The molecule has 87 heavy (non-hydrogen) atoms. The first-order valence-corrected chi connectivity index (χ1v) is 30.2. The van der Waals surface area contributed by atoms with Crippen molar-refractivity contribution in [2.24, 2.45) is 40.1 Å². The number of ketones is 3. The van der Waals surface area contributed by atoms with Gasteiger partial charge in [-0.1, -0.05) is 65.0 Å². The zero-order valence-electron chi connectivity index (χ0n) is 50.4. The Bertz CT molecular complexity index is 3050. The quantitative estimate of drug-likeness (QED) is 0.0178. The number of aliphatic imine (C=N–C) groups is 1. The van der Waals surface area contributed by atoms with Crippen LogP contribution in [-0.4, -0.2) is 157 Å². The Kier molecular flexibility index (Phi) is 25.6. The number of nitrogens with two attached hydrogens (primary N) is 2. The first kappa shape index (κ1) is 67.6. The molecule has 7 amide bonds. The molecule has 0 spiro atoms. The highest BCUT2D eigenvalue weighted by atomic mass is 16.3. The van der Waals surface area contributed by atoms with Gasteiger partial charge in [0.05, 0.1) is 31.1 Å². The second-order valence-corrected chi connectivity index (χ2v) is 23.7. The van der Waals surface area contributed by atoms with Gasteiger partial charge in [-0.25, -0.2) is 4.98 Å². The van der Waals surface area contributed by atoms with E-state index < -0.39 is 108 Å². The lowest BCUT2D eigenvalue weighted by atomic mass is 9.86. The van der Waals surface area contributed by atoms with Gasteiger partial charge in [-0.2, -0.15) is 0 Å². The molecule has 2 saturated heterocycles. The number of carbonyl (C=O) groups is 10. The number of phenolic OH excluding ortho intramolecular Hbond substituents is 1. The number of fused-ring (bicyclic) bond motifs is 1. The topological polar surface area (TPSA) is 395 Å². The molecule has 0 aliphatic carbocycles. The van der Waals surface area contributed by atoms with Crippen LogP contribution in [0.3, 0.4) is 0 Å². The number of guanidine groups is 1. The molecule has 2 aliphatic heterocycles. The number of aromatic hydroxyl groups is 1. The minimum atomic E-state index is -1.71. The standard InChI is InChI=1S/C62H87N13O12/c1-6-11-52(78)51-15-10-23-75(51)61(87)38(12-9-22-66-62(63)64)28-53(79)46(25-36(4)5)70-56(82)39(24-35(2)3)29-54(80)47(26-37-16-18-42(77)19-17-37)71-60(86)50(33-76)74-58(84)48(27-40-31-67-44-14-8-7-13-43(40)44)72-59(85)49(30-41-32-65-34-68-41)73-57(83)45-20-21-55(81)69-45/h7-8,13-14,16-19,31-32,34-36,38-39,45-51,67,76-77H,6,9-12,15,20-30,33H2,1-5H3,(H,65,68)(H,69,81)(H,70,82)(H,71,86)(H,72,85)(H,73,83)(H,74,84)(H4,63,64,66)/t38?,39-,45-,46-,47-,48-,49?,50-,51?/m0/s1. The minimum absolute atomic E-state index is 0.0327. The van der Waals surface area contributed by atoms with E-state index in [1.54, 1.807) is 29.3 Å². The third-order valence-electron chi connectivity index (χ3n) is 15.7. The number of Topliss-reactive ketones (excluding diaryl/α,β-unsaturated/α-hetero) is 3. The predicted octanol–water partition coefficient (Wildman–Crippen LogP) is 1.98. The lowest BCUT2D eigenvalue weighted by Gasteiger charge is -2.30. The molecule has 2 fully saturated rings. The van der Waals surface area contributed by atoms with E-state index in [4.69, 9.17) is 11.5 Å². The maximum absolute atomic E-state index is 14.8. The van der Waals surface area contributed by atoms with E-state index in [2.05, 4.69) is 51.8 Å². The summed E-state index contributed by atoms with van der Waals surface area (Å²) < 4.78 is 0. The van der Waals surface area contributed by atoms with Crippen LogP contribution in [-0.2, 0) is 67.2 Å². The number of hydrogen-bond donors (Lipinski definition) is 12. The molecule has 0 bridgehead atoms. The SMILES string of the molecule is CCCC(=O)C1CCCN1C(=O)C(CCCN=C(N)N)CC(=O)[C@H](CC(C)C)NC(=O)[C@H](CC(=O)[C@H](Cc1ccc(O)cc1)NC(=O)[C@H](CO)NC(=O)[C@H](Cc1c[nH]c2ccccc12)NC(=O)C(Cc1cnc[nH]1)NC(=O)[C@@H]1CCC(=O)N1)CC(C)C. The number of rotatable bonds is 35. The number of aromatic amines is 2. The molecule has 4 aromatic rings. The molecule has 9 atom stereocenters. The summed E-state index contributed by atoms with van der Waals surface area (Å²) in [6, 6.07) is 4.74. The van der Waals surface area contributed by atoms with Crippen molar-refractivity contribution in [3.05, 3.63) is 84.1 Å². The summed E-state index contributed by atoms with van der Waals surface area (Å²) in [5.41, 5.74) is 13.4. The number of likely N-dealkylation sites (tertiary alicyclic amines) is 1. The molecule has 0 saturated carbocycles. The van der Waals surface area contributed by atoms with E-state index in [0.717, 1.165) is 10.9 Å². The predicted molar refractivity (Wildman–Crippen MR) is 324 cm³/mol. The molecule has 472 valence electrons. The molecule has 14 N–H and O–H groups in total. The van der Waals surface area contributed by atoms with Crippen molar-refractivity contribution in [3.63, 3.8) is 0 Å². The molecule has 6 rings (SSSR count). The highest BCUT2D eigenvalue weighted by Crippen LogP contribution is 2.28. The monoisotopic (exact) mass is 1210 g/mol. The lowest BCUT2D eigenvalue weighted by molar-refractivity contribution is -0.143. The molecule has 25 heteroatoms. The number of aliphatic hydroxyl groups excluding tert-OH is 1. The fraction of sp³-hybridized carbons (Fsp3) is 0.548. The van der Waals surface area contributed by atoms with E-state index in [0.29, 0.717) is 55.5 Å². The van der Waals surface area contributed by atoms with Gasteiger partial charge in [-0.05, 0) is 98.9 Å². The van der Waals surface area contributed by atoms with Crippen LogP contribution in [0.25, 0.3) is 10.9 Å². The van der Waals surface area contributed by atoms with Gasteiger partial charge in [0, 0.05) is 92.4 Å². The molecule has 4 heterocycles. The van der Waals surface area contributed by atoms with Crippen LogP contribution in [0.15, 0.2) is 72.2 Å². The molecule has 25 nitrogen and oxygen atoms in total. The van der Waals surface area contributed by atoms with Gasteiger partial charge in [0.25, 0.3) is 0 Å². The summed E-state index contributed by atoms with van der Waals surface area (Å²) >= 11 is 0. The number of phenols is 1. The Balaban J connectivity index is 1.22. The minimum Gasteiger partial charge on any atom is -0.508 e. The Labute approximate surface area is 506 Å². The number of benzene rings is 2. The summed E-state index contributed by atoms with van der Waals surface area (Å²) in [6.07, 6.45) is 6.86. The van der Waals surface area contributed by atoms with Crippen molar-refractivity contribution < 1.29 is 58.2 Å². The number of hydrogen-bond acceptors (Lipinski definition) is 14. The van der Waals surface area contributed by atoms with Crippen LogP contribution in [0.1, 0.15) is 128 Å². The van der Waals surface area contributed by atoms with Gasteiger partial charge in [-0.15, -0.1) is 0 Å². The molecule has 2 aromatic heterocycles. The summed E-state index contributed by atoms with van der Waals surface area (Å²) in [6.45, 7) is 8.99. The third kappa shape index (κ3) is 20.3. The van der Waals surface area contributed by atoms with Gasteiger partial charge in [0.2, 0.25) is 41.4 Å². The second-order valence-electron chi connectivity index (χ2n) is 23.7. The van der Waals surface area contributed by atoms with Crippen LogP contribution >= 0.6 is 0 Å². The molecule has 2 aliphatic rings. The summed E-state index contributed by atoms with van der Waals surface area (Å²) in [7, 11) is 0. The van der Waals surface area contributed by atoms with Gasteiger partial charge in [0.15, 0.2) is 23.3 Å². The Morgan fingerprint density at radius 1 is 0.747 bits per heavy atom. The van der Waals surface area contributed by atoms with Gasteiger partial charge < -0.3 is 68.4 Å². The molecule has 3 unspecified atom stereocenters. The number of nitrogens with zero attached hydrogens (tertiary/aromatic N) is 3. The largest absolute Gasteiger partial charge is 0.508 e. The average Bonchev–Trinajstić information content (AvgIpc) is 3.53. The Morgan fingerprint density at radius 3 is 2.03 bits per heavy atom. The first-order valence-electron chi connectivity index (χ1n) is 30.2. The zero-order valence-corrected chi connectivity index (χ0v) is 50.4. The maximum atomic E-state index is 14.8. The summed E-state index contributed by atoms with van der Waals surface area (Å²) in [4.78, 5) is 156. The number of nitrogens with one attached hydrogen (secondary N) is 8. The van der Waals surface area contributed by atoms with Crippen molar-refractivity contribution >= 4 is 75.6 Å². The van der Waals surface area contributed by atoms with Crippen LogP contribution in [0.2, 0.25) is 0 Å². The highest BCUT2D eigenvalue weighted by Gasteiger charge is 2.40. The zero-order chi connectivity index (χ0) is 63.3. The van der Waals surface area contributed by atoms with Gasteiger partial charge >= 0.3 is 0 Å². The van der Waals surface area contributed by atoms with E-state index >= 15 is 0 Å². The molecular weight excluding hydrogens is 1120 g/mol. The average molecular weight is 1210 g/mol. The van der Waals surface area contributed by atoms with E-state index in [1.165, 1.54) is 24.7 Å². The normalized spacial score (nSPS) is 17.3. The van der Waals surface area contributed by atoms with Crippen LogP contribution < -0.4 is 43.4 Å². The Morgan fingerprint density at radius 2 is 1.39 bits per heavy atom. The lowest BCUT2D eigenvalue weighted by Crippen LogP contribution is -2.60. The maximum Gasteiger partial charge on any atom is 0.245 e. The van der Waals surface area contributed by atoms with E-state index in [9.17, 15) is 58.2 Å². The van der Waals surface area contributed by atoms with Crippen molar-refractivity contribution in [2.75, 3.05) is 19.7 Å². The number of para-hydroxylation sites is 1. The molecular formula is C62H87N13O12. The van der Waals surface area contributed by atoms with E-state index in [1.807, 2.05) is 52.8 Å². The van der Waals surface area contributed by atoms with Crippen LogP contribution in [0.4, 0.5) is 0 Å². The second kappa shape index (κ2) is 32.9. The third-order valence-corrected chi connectivity index (χ3v) is 15.7. The van der Waals surface area contributed by atoms with Crippen molar-refractivity contribution in [2.45, 2.75) is 173 Å². The number of amides is 7. The smallest absolute Gasteiger partial charge is 0.245 e. The van der Waals surface area contributed by atoms with Gasteiger partial charge in [0.1, 0.15) is 29.9 Å². The van der Waals surface area contributed by atoms with Crippen LogP contribution in [0, 0.1) is 23.7 Å². The number of carbonyl (C=O) groups excluding carboxylic acids is 10. The van der Waals surface area contributed by atoms with E-state index in [-0.39, 0.29) is 105 Å². The summed E-state index contributed by atoms with van der Waals surface area (Å²) in [5, 5.41) is 37.9. The van der Waals surface area contributed by atoms with Crippen molar-refractivity contribution in [3.8, 4) is 5.75 Å². The van der Waals surface area contributed by atoms with Crippen molar-refractivity contribution in [1.29, 1.82) is 0 Å². The fourth-order valence-electron chi connectivity index (χ4n) is 11.3.